The molecule has 0 bridgehead atoms. The highest BCUT2D eigenvalue weighted by molar-refractivity contribution is 5.80. The topological polar surface area (TPSA) is 53.7 Å². The summed E-state index contributed by atoms with van der Waals surface area (Å²) in [6, 6.07) is 8.64. The van der Waals surface area contributed by atoms with E-state index in [1.807, 2.05) is 6.20 Å². The second-order valence-electron chi connectivity index (χ2n) is 7.48. The first-order chi connectivity index (χ1) is 12.0. The molecule has 3 rings (SSSR count). The summed E-state index contributed by atoms with van der Waals surface area (Å²) in [5.41, 5.74) is 2.79. The predicted octanol–water partition coefficient (Wildman–Crippen LogP) is 3.50. The highest BCUT2D eigenvalue weighted by Crippen LogP contribution is 2.23. The number of nitrogens with zero attached hydrogens (tertiary/aromatic N) is 3. The van der Waals surface area contributed by atoms with Crippen LogP contribution in [0.25, 0.3) is 0 Å². The van der Waals surface area contributed by atoms with Crippen molar-refractivity contribution < 1.29 is 4.42 Å². The molecule has 2 heterocycles. The van der Waals surface area contributed by atoms with Crippen LogP contribution in [0.4, 0.5) is 0 Å². The Labute approximate surface area is 150 Å². The molecule has 0 atom stereocenters. The van der Waals surface area contributed by atoms with Gasteiger partial charge >= 0.3 is 0 Å². The first kappa shape index (κ1) is 17.5. The molecular formula is C20H28N4O. The lowest BCUT2D eigenvalue weighted by atomic mass is 9.94. The van der Waals surface area contributed by atoms with Crippen LogP contribution in [0.5, 0.6) is 0 Å². The molecule has 1 N–H and O–H groups in total. The minimum absolute atomic E-state index is 0.0317. The van der Waals surface area contributed by atoms with Crippen LogP contribution in [0.15, 0.2) is 39.9 Å². The number of fused-ring (bicyclic) bond motifs is 1. The van der Waals surface area contributed by atoms with Gasteiger partial charge < -0.3 is 14.6 Å². The van der Waals surface area contributed by atoms with Gasteiger partial charge in [0.05, 0.1) is 6.20 Å². The van der Waals surface area contributed by atoms with E-state index in [9.17, 15) is 0 Å². The number of aromatic nitrogens is 1. The third-order valence-corrected chi connectivity index (χ3v) is 4.42. The van der Waals surface area contributed by atoms with Gasteiger partial charge in [-0.25, -0.2) is 9.98 Å². The maximum atomic E-state index is 5.86. The van der Waals surface area contributed by atoms with Gasteiger partial charge in [0.15, 0.2) is 5.96 Å². The normalized spacial score (nSPS) is 15.2. The van der Waals surface area contributed by atoms with Crippen molar-refractivity contribution in [3.05, 3.63) is 53.2 Å². The summed E-state index contributed by atoms with van der Waals surface area (Å²) in [5, 5.41) is 3.40. The average molecular weight is 340 g/mol. The summed E-state index contributed by atoms with van der Waals surface area (Å²) in [6.07, 6.45) is 2.86. The molecule has 0 spiro atoms. The smallest absolute Gasteiger partial charge is 0.216 e. The van der Waals surface area contributed by atoms with Crippen LogP contribution in [-0.2, 0) is 24.9 Å². The van der Waals surface area contributed by atoms with E-state index in [1.165, 1.54) is 11.1 Å². The number of guanidine groups is 1. The fraction of sp³-hybridized carbons (Fsp3) is 0.500. The fourth-order valence-corrected chi connectivity index (χ4v) is 2.97. The Morgan fingerprint density at radius 1 is 1.28 bits per heavy atom. The Hall–Kier alpha value is -2.30. The molecule has 5 heteroatoms. The van der Waals surface area contributed by atoms with Crippen molar-refractivity contribution in [2.75, 3.05) is 13.1 Å². The van der Waals surface area contributed by atoms with Crippen LogP contribution in [0.3, 0.4) is 0 Å². The van der Waals surface area contributed by atoms with Gasteiger partial charge in [-0.15, -0.1) is 0 Å². The molecule has 25 heavy (non-hydrogen) atoms. The number of nitrogens with one attached hydrogen (secondary N) is 1. The highest BCUT2D eigenvalue weighted by Gasteiger charge is 2.20. The summed E-state index contributed by atoms with van der Waals surface area (Å²) in [5.74, 6) is 2.49. The lowest BCUT2D eigenvalue weighted by Gasteiger charge is -2.31. The molecule has 0 aliphatic carbocycles. The molecule has 0 saturated carbocycles. The molecule has 0 saturated heterocycles. The van der Waals surface area contributed by atoms with Gasteiger partial charge in [-0.1, -0.05) is 45.0 Å². The van der Waals surface area contributed by atoms with E-state index in [0.717, 1.165) is 37.8 Å². The van der Waals surface area contributed by atoms with E-state index >= 15 is 0 Å². The molecule has 1 aliphatic rings. The molecule has 1 aromatic heterocycles. The van der Waals surface area contributed by atoms with Crippen LogP contribution in [0.2, 0.25) is 0 Å². The third kappa shape index (κ3) is 4.21. The largest absolute Gasteiger partial charge is 0.443 e. The number of hydrogen-bond donors (Lipinski definition) is 1. The van der Waals surface area contributed by atoms with Crippen molar-refractivity contribution in [2.24, 2.45) is 4.99 Å². The average Bonchev–Trinajstić information content (AvgIpc) is 3.07. The van der Waals surface area contributed by atoms with Crippen LogP contribution in [-0.4, -0.2) is 28.9 Å². The SMILES string of the molecule is CCNC(=NCc1ncc(C(C)(C)C)o1)N1CCc2ccccc2C1. The van der Waals surface area contributed by atoms with E-state index in [4.69, 9.17) is 9.41 Å². The quantitative estimate of drug-likeness (QED) is 0.686. The predicted molar refractivity (Wildman–Crippen MR) is 101 cm³/mol. The number of rotatable bonds is 3. The second-order valence-corrected chi connectivity index (χ2v) is 7.48. The first-order valence-corrected chi connectivity index (χ1v) is 9.02. The van der Waals surface area contributed by atoms with E-state index in [2.05, 4.69) is 67.2 Å². The van der Waals surface area contributed by atoms with E-state index in [1.54, 1.807) is 0 Å². The summed E-state index contributed by atoms with van der Waals surface area (Å²) in [7, 11) is 0. The lowest BCUT2D eigenvalue weighted by Crippen LogP contribution is -2.44. The van der Waals surface area contributed by atoms with E-state index < -0.39 is 0 Å². The van der Waals surface area contributed by atoms with Crippen LogP contribution >= 0.6 is 0 Å². The van der Waals surface area contributed by atoms with Crippen molar-refractivity contribution in [3.8, 4) is 0 Å². The van der Waals surface area contributed by atoms with Gasteiger partial charge in [-0.2, -0.15) is 0 Å². The fourth-order valence-electron chi connectivity index (χ4n) is 2.97. The molecule has 1 aliphatic heterocycles. The van der Waals surface area contributed by atoms with Gasteiger partial charge in [0, 0.05) is 25.0 Å². The Bertz CT molecular complexity index is 742. The van der Waals surface area contributed by atoms with Crippen LogP contribution < -0.4 is 5.32 Å². The maximum absolute atomic E-state index is 5.86. The monoisotopic (exact) mass is 340 g/mol. The number of hydrogen-bond acceptors (Lipinski definition) is 3. The molecule has 1 aromatic carbocycles. The van der Waals surface area contributed by atoms with Crippen molar-refractivity contribution in [1.29, 1.82) is 0 Å². The molecule has 2 aromatic rings. The zero-order valence-corrected chi connectivity index (χ0v) is 15.7. The Morgan fingerprint density at radius 2 is 2.04 bits per heavy atom. The highest BCUT2D eigenvalue weighted by atomic mass is 16.4. The Kier molecular flexibility index (Phi) is 5.11. The first-order valence-electron chi connectivity index (χ1n) is 9.02. The zero-order chi connectivity index (χ0) is 17.9. The van der Waals surface area contributed by atoms with Crippen LogP contribution in [0.1, 0.15) is 50.5 Å². The molecule has 0 fully saturated rings. The molecule has 134 valence electrons. The maximum Gasteiger partial charge on any atom is 0.216 e. The summed E-state index contributed by atoms with van der Waals surface area (Å²) in [4.78, 5) is 11.4. The van der Waals surface area contributed by atoms with E-state index in [0.29, 0.717) is 12.4 Å². The van der Waals surface area contributed by atoms with Gasteiger partial charge in [0.25, 0.3) is 0 Å². The van der Waals surface area contributed by atoms with Crippen molar-refractivity contribution in [2.45, 2.75) is 52.6 Å². The van der Waals surface area contributed by atoms with Crippen molar-refractivity contribution >= 4 is 5.96 Å². The van der Waals surface area contributed by atoms with Crippen LogP contribution in [0, 0.1) is 0 Å². The van der Waals surface area contributed by atoms with E-state index in [-0.39, 0.29) is 5.41 Å². The standard InChI is InChI=1S/C20H28N4O/c1-5-21-19(23-13-18-22-12-17(25-18)20(2,3)4)24-11-10-15-8-6-7-9-16(15)14-24/h6-9,12H,5,10-11,13-14H2,1-4H3,(H,21,23). The summed E-state index contributed by atoms with van der Waals surface area (Å²) in [6.45, 7) is 11.6. The van der Waals surface area contributed by atoms with Gasteiger partial charge in [0.1, 0.15) is 12.3 Å². The Balaban J connectivity index is 1.73. The zero-order valence-electron chi connectivity index (χ0n) is 15.7. The summed E-state index contributed by atoms with van der Waals surface area (Å²) < 4.78 is 5.86. The minimum Gasteiger partial charge on any atom is -0.443 e. The number of aliphatic imine (C=N–C) groups is 1. The number of oxazole rings is 1. The summed E-state index contributed by atoms with van der Waals surface area (Å²) >= 11 is 0. The molecule has 0 amide bonds. The minimum atomic E-state index is -0.0317. The molecule has 5 nitrogen and oxygen atoms in total. The van der Waals surface area contributed by atoms with Crippen molar-refractivity contribution in [3.63, 3.8) is 0 Å². The Morgan fingerprint density at radius 3 is 2.72 bits per heavy atom. The second kappa shape index (κ2) is 7.30. The lowest BCUT2D eigenvalue weighted by molar-refractivity contribution is 0.370. The van der Waals surface area contributed by atoms with Gasteiger partial charge in [-0.3, -0.25) is 0 Å². The van der Waals surface area contributed by atoms with Gasteiger partial charge in [-0.05, 0) is 24.5 Å². The third-order valence-electron chi connectivity index (χ3n) is 4.42. The molecule has 0 radical (unpaired) electrons. The molecule has 0 unspecified atom stereocenters. The van der Waals surface area contributed by atoms with Crippen molar-refractivity contribution in [1.82, 2.24) is 15.2 Å². The van der Waals surface area contributed by atoms with Gasteiger partial charge in [0.2, 0.25) is 5.89 Å². The number of benzene rings is 1. The molecular weight excluding hydrogens is 312 g/mol.